The molecule has 2 aromatic rings. The third-order valence-electron chi connectivity index (χ3n) is 2.51. The number of nitrogens with two attached hydrogens (primary N) is 1. The molecule has 0 aliphatic rings. The summed E-state index contributed by atoms with van der Waals surface area (Å²) in [5, 5.41) is 1.80. The van der Waals surface area contributed by atoms with Crippen molar-refractivity contribution in [2.24, 2.45) is 5.73 Å². The molecule has 0 saturated heterocycles. The standard InChI is InChI=1S/C12H10F4N2S/c1-6(17)10-5-19-11(18-10)8-4-7(12(14,15)16)2-3-9(8)13/h2-6H,17H2,1H3. The smallest absolute Gasteiger partial charge is 0.323 e. The molecule has 19 heavy (non-hydrogen) atoms. The van der Waals surface area contributed by atoms with Crippen molar-refractivity contribution in [3.63, 3.8) is 0 Å². The second-order valence-electron chi connectivity index (χ2n) is 4.06. The maximum Gasteiger partial charge on any atom is 0.416 e. The van der Waals surface area contributed by atoms with Crippen molar-refractivity contribution < 1.29 is 17.6 Å². The Morgan fingerprint density at radius 1 is 1.32 bits per heavy atom. The fourth-order valence-electron chi connectivity index (χ4n) is 1.48. The maximum absolute atomic E-state index is 13.6. The minimum Gasteiger partial charge on any atom is -0.323 e. The van der Waals surface area contributed by atoms with Gasteiger partial charge in [-0.1, -0.05) is 0 Å². The van der Waals surface area contributed by atoms with Crippen LogP contribution < -0.4 is 5.73 Å². The van der Waals surface area contributed by atoms with E-state index in [1.807, 2.05) is 0 Å². The van der Waals surface area contributed by atoms with E-state index in [1.165, 1.54) is 0 Å². The van der Waals surface area contributed by atoms with Gasteiger partial charge in [-0.05, 0) is 25.1 Å². The summed E-state index contributed by atoms with van der Waals surface area (Å²) in [6, 6.07) is 1.92. The van der Waals surface area contributed by atoms with Crippen LogP contribution in [0.25, 0.3) is 10.6 Å². The van der Waals surface area contributed by atoms with Crippen LogP contribution in [-0.4, -0.2) is 4.98 Å². The van der Waals surface area contributed by atoms with Crippen LogP contribution >= 0.6 is 11.3 Å². The Kier molecular flexibility index (Phi) is 3.60. The summed E-state index contributed by atoms with van der Waals surface area (Å²) in [5.41, 5.74) is 5.08. The molecule has 1 unspecified atom stereocenters. The van der Waals surface area contributed by atoms with E-state index >= 15 is 0 Å². The van der Waals surface area contributed by atoms with Crippen LogP contribution in [0.3, 0.4) is 0 Å². The van der Waals surface area contributed by atoms with E-state index in [0.29, 0.717) is 11.8 Å². The van der Waals surface area contributed by atoms with Crippen LogP contribution in [0.5, 0.6) is 0 Å². The summed E-state index contributed by atoms with van der Waals surface area (Å²) in [6.45, 7) is 1.70. The molecule has 1 aromatic carbocycles. The molecule has 0 fully saturated rings. The molecule has 1 aromatic heterocycles. The van der Waals surface area contributed by atoms with E-state index in [1.54, 1.807) is 12.3 Å². The molecule has 0 spiro atoms. The van der Waals surface area contributed by atoms with Gasteiger partial charge in [0.25, 0.3) is 0 Å². The van der Waals surface area contributed by atoms with Gasteiger partial charge in [-0.3, -0.25) is 0 Å². The van der Waals surface area contributed by atoms with Crippen LogP contribution in [0, 0.1) is 5.82 Å². The van der Waals surface area contributed by atoms with Crippen molar-refractivity contribution in [1.29, 1.82) is 0 Å². The molecular weight excluding hydrogens is 280 g/mol. The van der Waals surface area contributed by atoms with E-state index in [2.05, 4.69) is 4.98 Å². The van der Waals surface area contributed by atoms with Crippen LogP contribution in [0.4, 0.5) is 17.6 Å². The van der Waals surface area contributed by atoms with Gasteiger partial charge in [0.1, 0.15) is 10.8 Å². The summed E-state index contributed by atoms with van der Waals surface area (Å²) in [5.74, 6) is -0.737. The van der Waals surface area contributed by atoms with E-state index in [0.717, 1.165) is 23.5 Å². The van der Waals surface area contributed by atoms with Crippen molar-refractivity contribution in [2.45, 2.75) is 19.1 Å². The first-order valence-electron chi connectivity index (χ1n) is 5.37. The number of alkyl halides is 3. The summed E-state index contributed by atoms with van der Waals surface area (Å²) in [7, 11) is 0. The largest absolute Gasteiger partial charge is 0.416 e. The van der Waals surface area contributed by atoms with Gasteiger partial charge in [-0.15, -0.1) is 11.3 Å². The van der Waals surface area contributed by atoms with Gasteiger partial charge in [-0.25, -0.2) is 9.37 Å². The Morgan fingerprint density at radius 3 is 2.53 bits per heavy atom. The highest BCUT2D eigenvalue weighted by atomic mass is 32.1. The number of nitrogens with zero attached hydrogens (tertiary/aromatic N) is 1. The average molecular weight is 290 g/mol. The maximum atomic E-state index is 13.6. The SMILES string of the molecule is CC(N)c1csc(-c2cc(C(F)(F)F)ccc2F)n1. The summed E-state index contributed by atoms with van der Waals surface area (Å²) in [4.78, 5) is 4.05. The Morgan fingerprint density at radius 2 is 2.00 bits per heavy atom. The van der Waals surface area contributed by atoms with Crippen molar-refractivity contribution in [3.05, 3.63) is 40.7 Å². The fraction of sp³-hybridized carbons (Fsp3) is 0.250. The third-order valence-corrected chi connectivity index (χ3v) is 3.41. The molecule has 0 bridgehead atoms. The van der Waals surface area contributed by atoms with Crippen molar-refractivity contribution in [2.75, 3.05) is 0 Å². The highest BCUT2D eigenvalue weighted by Gasteiger charge is 2.31. The molecule has 7 heteroatoms. The van der Waals surface area contributed by atoms with Crippen LogP contribution in [0.15, 0.2) is 23.6 Å². The Labute approximate surface area is 110 Å². The quantitative estimate of drug-likeness (QED) is 0.849. The summed E-state index contributed by atoms with van der Waals surface area (Å²) < 4.78 is 51.4. The number of benzene rings is 1. The zero-order valence-corrected chi connectivity index (χ0v) is 10.6. The lowest BCUT2D eigenvalue weighted by Crippen LogP contribution is -2.06. The number of rotatable bonds is 2. The van der Waals surface area contributed by atoms with E-state index in [4.69, 9.17) is 5.73 Å². The minimum absolute atomic E-state index is 0.160. The number of aromatic nitrogens is 1. The third kappa shape index (κ3) is 2.93. The lowest BCUT2D eigenvalue weighted by molar-refractivity contribution is -0.137. The second kappa shape index (κ2) is 4.90. The normalized spacial score (nSPS) is 13.6. The molecule has 2 nitrogen and oxygen atoms in total. The summed E-state index contributed by atoms with van der Waals surface area (Å²) >= 11 is 1.07. The zero-order valence-electron chi connectivity index (χ0n) is 9.83. The van der Waals surface area contributed by atoms with Crippen molar-refractivity contribution >= 4 is 11.3 Å². The van der Waals surface area contributed by atoms with Gasteiger partial charge >= 0.3 is 6.18 Å². The first kappa shape index (κ1) is 14.0. The highest BCUT2D eigenvalue weighted by Crippen LogP contribution is 2.34. The van der Waals surface area contributed by atoms with Crippen LogP contribution in [0.2, 0.25) is 0 Å². The van der Waals surface area contributed by atoms with Gasteiger partial charge in [0.15, 0.2) is 0 Å². The van der Waals surface area contributed by atoms with E-state index < -0.39 is 17.6 Å². The Hall–Kier alpha value is -1.47. The molecular formula is C12H10F4N2S. The van der Waals surface area contributed by atoms with Crippen molar-refractivity contribution in [3.8, 4) is 10.6 Å². The molecule has 102 valence electrons. The molecule has 0 saturated carbocycles. The molecule has 2 rings (SSSR count). The van der Waals surface area contributed by atoms with Gasteiger partial charge in [0.2, 0.25) is 0 Å². The molecule has 0 aliphatic heterocycles. The number of hydrogen-bond donors (Lipinski definition) is 1. The lowest BCUT2D eigenvalue weighted by atomic mass is 10.1. The molecule has 0 radical (unpaired) electrons. The van der Waals surface area contributed by atoms with E-state index in [9.17, 15) is 17.6 Å². The Bertz CT molecular complexity index is 590. The zero-order chi connectivity index (χ0) is 14.2. The average Bonchev–Trinajstić information content (AvgIpc) is 2.77. The van der Waals surface area contributed by atoms with Crippen LogP contribution in [0.1, 0.15) is 24.2 Å². The topological polar surface area (TPSA) is 38.9 Å². The number of halogens is 4. The molecule has 0 amide bonds. The van der Waals surface area contributed by atoms with Gasteiger partial charge in [-0.2, -0.15) is 13.2 Å². The van der Waals surface area contributed by atoms with Gasteiger partial charge < -0.3 is 5.73 Å². The number of hydrogen-bond acceptors (Lipinski definition) is 3. The minimum atomic E-state index is -4.51. The highest BCUT2D eigenvalue weighted by molar-refractivity contribution is 7.13. The van der Waals surface area contributed by atoms with E-state index in [-0.39, 0.29) is 16.6 Å². The fourth-order valence-corrected chi connectivity index (χ4v) is 2.43. The second-order valence-corrected chi connectivity index (χ2v) is 4.92. The van der Waals surface area contributed by atoms with Gasteiger partial charge in [0, 0.05) is 17.0 Å². The molecule has 1 atom stereocenters. The summed E-state index contributed by atoms with van der Waals surface area (Å²) in [6.07, 6.45) is -4.51. The predicted octanol–water partition coefficient (Wildman–Crippen LogP) is 3.99. The lowest BCUT2D eigenvalue weighted by Gasteiger charge is -2.08. The first-order valence-corrected chi connectivity index (χ1v) is 6.25. The predicted molar refractivity (Wildman–Crippen MR) is 65.1 cm³/mol. The number of thiazole rings is 1. The monoisotopic (exact) mass is 290 g/mol. The molecule has 1 heterocycles. The van der Waals surface area contributed by atoms with Gasteiger partial charge in [0.05, 0.1) is 11.3 Å². The molecule has 2 N–H and O–H groups in total. The first-order chi connectivity index (χ1) is 8.79. The molecule has 0 aliphatic carbocycles. The van der Waals surface area contributed by atoms with Crippen LogP contribution in [-0.2, 0) is 6.18 Å². The Balaban J connectivity index is 2.48. The van der Waals surface area contributed by atoms with Crippen molar-refractivity contribution in [1.82, 2.24) is 4.98 Å².